The molecule has 0 saturated carbocycles. The number of ketones is 1. The lowest BCUT2D eigenvalue weighted by Gasteiger charge is -2.40. The Morgan fingerprint density at radius 2 is 1.86 bits per heavy atom. The Morgan fingerprint density at radius 1 is 1.18 bits per heavy atom. The molecule has 28 heavy (non-hydrogen) atoms. The molecule has 7 heteroatoms. The van der Waals surface area contributed by atoms with Crippen molar-refractivity contribution in [3.05, 3.63) is 59.2 Å². The summed E-state index contributed by atoms with van der Waals surface area (Å²) in [7, 11) is 2.82. The molecule has 1 amide bonds. The lowest BCUT2D eigenvalue weighted by Crippen LogP contribution is -2.52. The summed E-state index contributed by atoms with van der Waals surface area (Å²) >= 11 is 0. The molecule has 2 aromatic rings. The van der Waals surface area contributed by atoms with Crippen molar-refractivity contribution in [2.24, 2.45) is 0 Å². The highest BCUT2D eigenvalue weighted by atomic mass is 16.5. The number of phenols is 1. The number of carbonyl (C=O) groups excluding carboxylic acids is 2. The summed E-state index contributed by atoms with van der Waals surface area (Å²) in [5.74, 6) is -0.412. The van der Waals surface area contributed by atoms with Gasteiger partial charge in [0, 0.05) is 12.7 Å². The number of allylic oxidation sites excluding steroid dienone is 1. The zero-order valence-corrected chi connectivity index (χ0v) is 15.7. The van der Waals surface area contributed by atoms with Gasteiger partial charge in [-0.25, -0.2) is 0 Å². The molecule has 0 saturated heterocycles. The van der Waals surface area contributed by atoms with Crippen LogP contribution >= 0.6 is 0 Å². The molecular weight excluding hydrogens is 362 g/mol. The van der Waals surface area contributed by atoms with E-state index in [0.29, 0.717) is 16.9 Å². The van der Waals surface area contributed by atoms with Gasteiger partial charge >= 0.3 is 0 Å². The van der Waals surface area contributed by atoms with Crippen LogP contribution < -0.4 is 10.1 Å². The van der Waals surface area contributed by atoms with Gasteiger partial charge in [-0.1, -0.05) is 12.1 Å². The SMILES string of the molecule is COc1ccc([C@@]2(O)c3c(ccc(/C=C/C(C)=O)c3O)NC(=O)[C@@H]2OC)cc1. The molecular formula is C21H21NO6. The van der Waals surface area contributed by atoms with Gasteiger partial charge in [0.25, 0.3) is 5.91 Å². The van der Waals surface area contributed by atoms with Crippen molar-refractivity contribution >= 4 is 23.5 Å². The number of aliphatic hydroxyl groups is 1. The van der Waals surface area contributed by atoms with Crippen molar-refractivity contribution in [1.82, 2.24) is 0 Å². The van der Waals surface area contributed by atoms with E-state index < -0.39 is 17.6 Å². The quantitative estimate of drug-likeness (QED) is 0.684. The number of aromatic hydroxyl groups is 1. The number of amides is 1. The molecule has 146 valence electrons. The number of phenolic OH excluding ortho intramolecular Hbond substituents is 1. The van der Waals surface area contributed by atoms with E-state index in [9.17, 15) is 19.8 Å². The summed E-state index contributed by atoms with van der Waals surface area (Å²) in [6.07, 6.45) is 1.46. The first-order chi connectivity index (χ1) is 13.3. The fourth-order valence-electron chi connectivity index (χ4n) is 3.38. The van der Waals surface area contributed by atoms with Crippen molar-refractivity contribution in [2.45, 2.75) is 18.6 Å². The Kier molecular flexibility index (Phi) is 5.22. The average Bonchev–Trinajstić information content (AvgIpc) is 2.67. The molecule has 0 fully saturated rings. The largest absolute Gasteiger partial charge is 0.507 e. The Balaban J connectivity index is 2.26. The maximum atomic E-state index is 12.6. The number of rotatable bonds is 5. The van der Waals surface area contributed by atoms with Gasteiger partial charge in [0.2, 0.25) is 0 Å². The van der Waals surface area contributed by atoms with Crippen LogP contribution in [0.5, 0.6) is 11.5 Å². The number of anilines is 1. The summed E-state index contributed by atoms with van der Waals surface area (Å²) < 4.78 is 10.5. The zero-order valence-electron chi connectivity index (χ0n) is 15.7. The van der Waals surface area contributed by atoms with Gasteiger partial charge in [0.1, 0.15) is 11.5 Å². The molecule has 0 aliphatic carbocycles. The molecule has 1 heterocycles. The Morgan fingerprint density at radius 3 is 2.43 bits per heavy atom. The Labute approximate surface area is 162 Å². The number of benzene rings is 2. The van der Waals surface area contributed by atoms with Crippen molar-refractivity contribution in [3.8, 4) is 11.5 Å². The number of nitrogens with one attached hydrogen (secondary N) is 1. The van der Waals surface area contributed by atoms with Crippen LogP contribution in [-0.2, 0) is 19.9 Å². The molecule has 0 spiro atoms. The van der Waals surface area contributed by atoms with Gasteiger partial charge in [0.15, 0.2) is 17.5 Å². The van der Waals surface area contributed by atoms with Crippen LogP contribution in [-0.4, -0.2) is 42.2 Å². The summed E-state index contributed by atoms with van der Waals surface area (Å²) in [6.45, 7) is 1.39. The van der Waals surface area contributed by atoms with E-state index in [0.717, 1.165) is 0 Å². The number of fused-ring (bicyclic) bond motifs is 1. The van der Waals surface area contributed by atoms with Gasteiger partial charge in [-0.05, 0) is 48.9 Å². The predicted molar refractivity (Wildman–Crippen MR) is 103 cm³/mol. The van der Waals surface area contributed by atoms with E-state index in [1.54, 1.807) is 36.4 Å². The monoisotopic (exact) mass is 383 g/mol. The molecule has 2 aromatic carbocycles. The van der Waals surface area contributed by atoms with Crippen LogP contribution in [0.2, 0.25) is 0 Å². The molecule has 7 nitrogen and oxygen atoms in total. The standard InChI is InChI=1S/C21H21NO6/c1-12(23)4-5-13-6-11-16-17(18(13)24)21(26,19(28-3)20(25)22-16)14-7-9-15(27-2)10-8-14/h4-11,19,24,26H,1-3H3,(H,22,25)/b5-4+/t19-,21+/m0/s1. The van der Waals surface area contributed by atoms with Gasteiger partial charge < -0.3 is 25.0 Å². The first-order valence-corrected chi connectivity index (χ1v) is 8.58. The molecule has 0 bridgehead atoms. The van der Waals surface area contributed by atoms with Crippen LogP contribution in [0.15, 0.2) is 42.5 Å². The number of methoxy groups -OCH3 is 2. The third-order valence-electron chi connectivity index (χ3n) is 4.73. The molecule has 3 N–H and O–H groups in total. The van der Waals surface area contributed by atoms with Crippen LogP contribution in [0.25, 0.3) is 6.08 Å². The molecule has 0 aromatic heterocycles. The van der Waals surface area contributed by atoms with Gasteiger partial charge in [0.05, 0.1) is 18.4 Å². The van der Waals surface area contributed by atoms with Gasteiger partial charge in [-0.2, -0.15) is 0 Å². The van der Waals surface area contributed by atoms with E-state index in [-0.39, 0.29) is 22.8 Å². The van der Waals surface area contributed by atoms with Gasteiger partial charge in [-0.15, -0.1) is 0 Å². The third-order valence-corrected chi connectivity index (χ3v) is 4.73. The molecule has 0 radical (unpaired) electrons. The second-order valence-electron chi connectivity index (χ2n) is 6.47. The maximum absolute atomic E-state index is 12.6. The van der Waals surface area contributed by atoms with E-state index in [1.165, 1.54) is 33.3 Å². The first-order valence-electron chi connectivity index (χ1n) is 8.58. The lowest BCUT2D eigenvalue weighted by molar-refractivity contribution is -0.142. The zero-order chi connectivity index (χ0) is 20.5. The second kappa shape index (κ2) is 7.46. The minimum absolute atomic E-state index is 0.0924. The van der Waals surface area contributed by atoms with Crippen molar-refractivity contribution < 1.29 is 29.3 Å². The highest BCUT2D eigenvalue weighted by molar-refractivity contribution is 6.01. The fraction of sp³-hybridized carbons (Fsp3) is 0.238. The molecule has 1 aliphatic heterocycles. The maximum Gasteiger partial charge on any atom is 0.257 e. The summed E-state index contributed by atoms with van der Waals surface area (Å²) in [4.78, 5) is 23.8. The molecule has 1 aliphatic rings. The van der Waals surface area contributed by atoms with E-state index in [1.807, 2.05) is 0 Å². The van der Waals surface area contributed by atoms with Crippen molar-refractivity contribution in [3.63, 3.8) is 0 Å². The minimum Gasteiger partial charge on any atom is -0.507 e. The molecule has 3 rings (SSSR count). The molecule has 2 atom stereocenters. The topological polar surface area (TPSA) is 105 Å². The Bertz CT molecular complexity index is 950. The number of hydrogen-bond donors (Lipinski definition) is 3. The van der Waals surface area contributed by atoms with Crippen LogP contribution in [0.4, 0.5) is 5.69 Å². The summed E-state index contributed by atoms with van der Waals surface area (Å²) in [6, 6.07) is 9.60. The highest BCUT2D eigenvalue weighted by Gasteiger charge is 2.51. The van der Waals surface area contributed by atoms with Crippen molar-refractivity contribution in [1.29, 1.82) is 0 Å². The summed E-state index contributed by atoms with van der Waals surface area (Å²) in [5.41, 5.74) is -0.932. The first kappa shape index (κ1) is 19.6. The lowest BCUT2D eigenvalue weighted by atomic mass is 9.76. The highest BCUT2D eigenvalue weighted by Crippen LogP contribution is 2.48. The number of ether oxygens (including phenoxy) is 2. The van der Waals surface area contributed by atoms with Crippen molar-refractivity contribution in [2.75, 3.05) is 19.5 Å². The van der Waals surface area contributed by atoms with Crippen LogP contribution in [0.3, 0.4) is 0 Å². The normalized spacial score (nSPS) is 21.3. The smallest absolute Gasteiger partial charge is 0.257 e. The van der Waals surface area contributed by atoms with Crippen LogP contribution in [0.1, 0.15) is 23.6 Å². The minimum atomic E-state index is -1.96. The number of hydrogen-bond acceptors (Lipinski definition) is 6. The van der Waals surface area contributed by atoms with E-state index >= 15 is 0 Å². The molecule has 0 unspecified atom stereocenters. The third kappa shape index (κ3) is 3.15. The Hall–Kier alpha value is -3.16. The van der Waals surface area contributed by atoms with E-state index in [2.05, 4.69) is 5.32 Å². The second-order valence-corrected chi connectivity index (χ2v) is 6.47. The van der Waals surface area contributed by atoms with Gasteiger partial charge in [-0.3, -0.25) is 9.59 Å². The number of carbonyl (C=O) groups is 2. The van der Waals surface area contributed by atoms with Crippen LogP contribution in [0, 0.1) is 0 Å². The summed E-state index contributed by atoms with van der Waals surface area (Å²) in [5, 5.41) is 25.2. The fourth-order valence-corrected chi connectivity index (χ4v) is 3.38. The average molecular weight is 383 g/mol. The van der Waals surface area contributed by atoms with E-state index in [4.69, 9.17) is 9.47 Å². The predicted octanol–water partition coefficient (Wildman–Crippen LogP) is 2.21.